The lowest BCUT2D eigenvalue weighted by molar-refractivity contribution is -0.139. The Kier molecular flexibility index (Phi) is 3.93. The molecule has 0 aromatic carbocycles. The van der Waals surface area contributed by atoms with Gasteiger partial charge in [-0.1, -0.05) is 0 Å². The highest BCUT2D eigenvalue weighted by molar-refractivity contribution is 7.14. The van der Waals surface area contributed by atoms with Gasteiger partial charge in [0.05, 0.1) is 19.2 Å². The minimum absolute atomic E-state index is 0.0458. The van der Waals surface area contributed by atoms with E-state index in [2.05, 4.69) is 9.72 Å². The van der Waals surface area contributed by atoms with Crippen LogP contribution in [0.5, 0.6) is 0 Å². The monoisotopic (exact) mass is 269 g/mol. The van der Waals surface area contributed by atoms with Crippen LogP contribution < -0.4 is 10.6 Å². The molecule has 2 heterocycles. The Hall–Kier alpha value is -1.47. The van der Waals surface area contributed by atoms with Gasteiger partial charge < -0.3 is 10.5 Å². The third kappa shape index (κ3) is 2.68. The third-order valence-electron chi connectivity index (χ3n) is 2.86. The third-order valence-corrected chi connectivity index (χ3v) is 3.77. The lowest BCUT2D eigenvalue weighted by atomic mass is 10.1. The van der Waals surface area contributed by atoms with Gasteiger partial charge in [-0.3, -0.25) is 14.5 Å². The SMILES string of the molecule is COC(=O)Cc1csc(N2CC(CN)CC2=O)n1. The molecular formula is C11H15N3O3S. The predicted octanol–water partition coefficient (Wildman–Crippen LogP) is 0.170. The van der Waals surface area contributed by atoms with Gasteiger partial charge in [0.15, 0.2) is 5.13 Å². The van der Waals surface area contributed by atoms with Crippen molar-refractivity contribution in [2.24, 2.45) is 11.7 Å². The summed E-state index contributed by atoms with van der Waals surface area (Å²) in [5, 5.41) is 2.41. The van der Waals surface area contributed by atoms with Gasteiger partial charge in [0.1, 0.15) is 0 Å². The lowest BCUT2D eigenvalue weighted by Gasteiger charge is -2.11. The van der Waals surface area contributed by atoms with Crippen molar-refractivity contribution in [3.63, 3.8) is 0 Å². The van der Waals surface area contributed by atoms with E-state index < -0.39 is 0 Å². The van der Waals surface area contributed by atoms with Gasteiger partial charge in [-0.25, -0.2) is 4.98 Å². The molecule has 1 aliphatic rings. The van der Waals surface area contributed by atoms with E-state index in [4.69, 9.17) is 5.73 Å². The Bertz CT molecular complexity index is 460. The van der Waals surface area contributed by atoms with Gasteiger partial charge in [0.2, 0.25) is 5.91 Å². The topological polar surface area (TPSA) is 85.5 Å². The van der Waals surface area contributed by atoms with Gasteiger partial charge in [0.25, 0.3) is 0 Å². The molecule has 7 heteroatoms. The molecular weight excluding hydrogens is 254 g/mol. The molecule has 18 heavy (non-hydrogen) atoms. The molecule has 6 nitrogen and oxygen atoms in total. The van der Waals surface area contributed by atoms with Crippen LogP contribution in [0.2, 0.25) is 0 Å². The highest BCUT2D eigenvalue weighted by Crippen LogP contribution is 2.27. The molecule has 0 spiro atoms. The second kappa shape index (κ2) is 5.45. The molecule has 2 N–H and O–H groups in total. The second-order valence-corrected chi connectivity index (χ2v) is 5.02. The Morgan fingerprint density at radius 1 is 1.72 bits per heavy atom. The van der Waals surface area contributed by atoms with E-state index in [0.717, 1.165) is 0 Å². The van der Waals surface area contributed by atoms with Crippen molar-refractivity contribution in [2.75, 3.05) is 25.1 Å². The zero-order valence-electron chi connectivity index (χ0n) is 10.1. The summed E-state index contributed by atoms with van der Waals surface area (Å²) in [6.45, 7) is 1.11. The first-order valence-corrected chi connectivity index (χ1v) is 6.53. The van der Waals surface area contributed by atoms with Crippen LogP contribution in [-0.2, 0) is 20.7 Å². The molecule has 1 atom stereocenters. The number of thiazole rings is 1. The highest BCUT2D eigenvalue weighted by Gasteiger charge is 2.31. The molecule has 1 fully saturated rings. The highest BCUT2D eigenvalue weighted by atomic mass is 32.1. The summed E-state index contributed by atoms with van der Waals surface area (Å²) < 4.78 is 4.57. The molecule has 0 aliphatic carbocycles. The van der Waals surface area contributed by atoms with Crippen molar-refractivity contribution >= 4 is 28.3 Å². The molecule has 1 saturated heterocycles. The number of rotatable bonds is 4. The molecule has 1 aliphatic heterocycles. The summed E-state index contributed by atoms with van der Waals surface area (Å²) in [5.41, 5.74) is 6.20. The minimum atomic E-state index is -0.334. The maximum atomic E-state index is 11.8. The Morgan fingerprint density at radius 2 is 2.50 bits per heavy atom. The molecule has 0 saturated carbocycles. The van der Waals surface area contributed by atoms with Crippen LogP contribution in [0.15, 0.2) is 5.38 Å². The average Bonchev–Trinajstić information content (AvgIpc) is 2.95. The summed E-state index contributed by atoms with van der Waals surface area (Å²) in [6.07, 6.45) is 0.609. The summed E-state index contributed by atoms with van der Waals surface area (Å²) in [7, 11) is 1.34. The number of methoxy groups -OCH3 is 1. The Morgan fingerprint density at radius 3 is 3.11 bits per heavy atom. The van der Waals surface area contributed by atoms with Gasteiger partial charge in [-0.2, -0.15) is 0 Å². The van der Waals surface area contributed by atoms with Crippen LogP contribution >= 0.6 is 11.3 Å². The normalized spacial score (nSPS) is 19.3. The zero-order valence-corrected chi connectivity index (χ0v) is 10.9. The first-order valence-electron chi connectivity index (χ1n) is 5.65. The number of esters is 1. The molecule has 0 bridgehead atoms. The number of carbonyl (C=O) groups is 2. The summed E-state index contributed by atoms with van der Waals surface area (Å²) in [5.74, 6) is -0.0886. The van der Waals surface area contributed by atoms with E-state index in [9.17, 15) is 9.59 Å². The van der Waals surface area contributed by atoms with Crippen molar-refractivity contribution in [3.8, 4) is 0 Å². The fourth-order valence-corrected chi connectivity index (χ4v) is 2.70. The molecule has 1 aromatic heterocycles. The number of amides is 1. The van der Waals surface area contributed by atoms with Crippen LogP contribution in [0.25, 0.3) is 0 Å². The van der Waals surface area contributed by atoms with Crippen LogP contribution in [0.3, 0.4) is 0 Å². The summed E-state index contributed by atoms with van der Waals surface area (Å²) in [4.78, 5) is 28.8. The molecule has 1 amide bonds. The fourth-order valence-electron chi connectivity index (χ4n) is 1.85. The fraction of sp³-hybridized carbons (Fsp3) is 0.545. The largest absolute Gasteiger partial charge is 0.469 e. The average molecular weight is 269 g/mol. The summed E-state index contributed by atoms with van der Waals surface area (Å²) in [6, 6.07) is 0. The molecule has 1 unspecified atom stereocenters. The molecule has 1 aromatic rings. The zero-order chi connectivity index (χ0) is 13.1. The number of anilines is 1. The first kappa shape index (κ1) is 13.0. The van der Waals surface area contributed by atoms with Crippen LogP contribution in [0.1, 0.15) is 12.1 Å². The van der Waals surface area contributed by atoms with Crippen molar-refractivity contribution in [2.45, 2.75) is 12.8 Å². The van der Waals surface area contributed by atoms with Gasteiger partial charge in [-0.05, 0) is 12.5 Å². The van der Waals surface area contributed by atoms with E-state index in [-0.39, 0.29) is 24.2 Å². The standard InChI is InChI=1S/C11H15N3O3S/c1-17-10(16)3-8-6-18-11(13-8)14-5-7(4-12)2-9(14)15/h6-7H,2-5,12H2,1H3. The van der Waals surface area contributed by atoms with E-state index in [1.807, 2.05) is 0 Å². The molecule has 0 radical (unpaired) electrons. The van der Waals surface area contributed by atoms with E-state index in [0.29, 0.717) is 30.3 Å². The smallest absolute Gasteiger partial charge is 0.311 e. The van der Waals surface area contributed by atoms with Crippen molar-refractivity contribution in [1.29, 1.82) is 0 Å². The number of hydrogen-bond donors (Lipinski definition) is 1. The van der Waals surface area contributed by atoms with E-state index in [1.54, 1.807) is 10.3 Å². The predicted molar refractivity (Wildman–Crippen MR) is 67.3 cm³/mol. The molecule has 98 valence electrons. The quantitative estimate of drug-likeness (QED) is 0.787. The number of aromatic nitrogens is 1. The van der Waals surface area contributed by atoms with Crippen LogP contribution in [0, 0.1) is 5.92 Å². The van der Waals surface area contributed by atoms with E-state index >= 15 is 0 Å². The van der Waals surface area contributed by atoms with Gasteiger partial charge >= 0.3 is 5.97 Å². The second-order valence-electron chi connectivity index (χ2n) is 4.18. The number of nitrogens with zero attached hydrogens (tertiary/aromatic N) is 2. The van der Waals surface area contributed by atoms with Gasteiger partial charge in [-0.15, -0.1) is 11.3 Å². The van der Waals surface area contributed by atoms with Crippen molar-refractivity contribution in [1.82, 2.24) is 4.98 Å². The van der Waals surface area contributed by atoms with E-state index in [1.165, 1.54) is 18.4 Å². The number of nitrogens with two attached hydrogens (primary N) is 1. The Balaban J connectivity index is 2.06. The Labute approximate surface area is 109 Å². The summed E-state index contributed by atoms with van der Waals surface area (Å²) >= 11 is 1.36. The lowest BCUT2D eigenvalue weighted by Crippen LogP contribution is -2.25. The number of ether oxygens (including phenoxy) is 1. The maximum Gasteiger partial charge on any atom is 0.311 e. The number of carbonyl (C=O) groups excluding carboxylic acids is 2. The van der Waals surface area contributed by atoms with Crippen molar-refractivity contribution in [3.05, 3.63) is 11.1 Å². The van der Waals surface area contributed by atoms with Crippen molar-refractivity contribution < 1.29 is 14.3 Å². The maximum absolute atomic E-state index is 11.8. The first-order chi connectivity index (χ1) is 8.63. The number of hydrogen-bond acceptors (Lipinski definition) is 6. The van der Waals surface area contributed by atoms with Crippen LogP contribution in [-0.4, -0.2) is 37.1 Å². The minimum Gasteiger partial charge on any atom is -0.469 e. The van der Waals surface area contributed by atoms with Crippen LogP contribution in [0.4, 0.5) is 5.13 Å². The van der Waals surface area contributed by atoms with Gasteiger partial charge in [0, 0.05) is 18.3 Å². The molecule has 2 rings (SSSR count).